The highest BCUT2D eigenvalue weighted by molar-refractivity contribution is 5.92. The average molecular weight is 397 g/mol. The van der Waals surface area contributed by atoms with Crippen LogP contribution in [0.15, 0.2) is 61.2 Å². The molecule has 3 aromatic rings. The zero-order valence-electron chi connectivity index (χ0n) is 15.5. The van der Waals surface area contributed by atoms with E-state index < -0.39 is 11.7 Å². The monoisotopic (exact) mass is 397 g/mol. The summed E-state index contributed by atoms with van der Waals surface area (Å²) in [7, 11) is 0. The Morgan fingerprint density at radius 2 is 1.83 bits per heavy atom. The van der Waals surface area contributed by atoms with E-state index in [1.807, 2.05) is 24.3 Å². The fourth-order valence-electron chi connectivity index (χ4n) is 3.61. The van der Waals surface area contributed by atoms with E-state index in [0.717, 1.165) is 29.5 Å². The summed E-state index contributed by atoms with van der Waals surface area (Å²) in [5.74, 6) is 0.436. The second-order valence-corrected chi connectivity index (χ2v) is 7.00. The van der Waals surface area contributed by atoms with Gasteiger partial charge in [-0.15, -0.1) is 0 Å². The van der Waals surface area contributed by atoms with Crippen molar-refractivity contribution in [1.29, 1.82) is 0 Å². The summed E-state index contributed by atoms with van der Waals surface area (Å²) in [5, 5.41) is 0.771. The van der Waals surface area contributed by atoms with Gasteiger partial charge >= 0.3 is 6.18 Å². The van der Waals surface area contributed by atoms with Gasteiger partial charge in [0, 0.05) is 30.0 Å². The largest absolute Gasteiger partial charge is 0.416 e. The van der Waals surface area contributed by atoms with Gasteiger partial charge in [-0.2, -0.15) is 13.2 Å². The second-order valence-electron chi connectivity index (χ2n) is 7.00. The topological polar surface area (TPSA) is 46.1 Å². The fourth-order valence-corrected chi connectivity index (χ4v) is 3.61. The average Bonchev–Trinajstić information content (AvgIpc) is 3.22. The number of amides is 1. The van der Waals surface area contributed by atoms with Crippen LogP contribution in [0, 0.1) is 0 Å². The maximum Gasteiger partial charge on any atom is 0.416 e. The van der Waals surface area contributed by atoms with Crippen LogP contribution in [0.2, 0.25) is 0 Å². The summed E-state index contributed by atoms with van der Waals surface area (Å²) in [5.41, 5.74) is 1.21. The van der Waals surface area contributed by atoms with Crippen molar-refractivity contribution in [3.8, 4) is 11.3 Å². The molecular formula is C22H18F3N3O. The fraction of sp³-hybridized carbons (Fsp3) is 0.227. The normalized spacial score (nSPS) is 16.9. The number of rotatable bonds is 3. The summed E-state index contributed by atoms with van der Waals surface area (Å²) in [6, 6.07) is 12.4. The SMILES string of the molecule is C=CC(=O)N1CC[C@@H](c2nc(-c3ccc(C(F)(F)F)cc3)c3ccccc3n2)C1. The van der Waals surface area contributed by atoms with Gasteiger partial charge in [0.25, 0.3) is 0 Å². The van der Waals surface area contributed by atoms with Crippen LogP contribution in [0.25, 0.3) is 22.2 Å². The molecule has 2 heterocycles. The van der Waals surface area contributed by atoms with Crippen LogP contribution < -0.4 is 0 Å². The number of carbonyl (C=O) groups is 1. The molecule has 4 nitrogen and oxygen atoms in total. The Bertz CT molecular complexity index is 1080. The van der Waals surface area contributed by atoms with Crippen LogP contribution in [0.5, 0.6) is 0 Å². The van der Waals surface area contributed by atoms with E-state index in [-0.39, 0.29) is 11.8 Å². The summed E-state index contributed by atoms with van der Waals surface area (Å²) < 4.78 is 38.7. The van der Waals surface area contributed by atoms with Crippen molar-refractivity contribution in [1.82, 2.24) is 14.9 Å². The van der Waals surface area contributed by atoms with Crippen LogP contribution in [0.4, 0.5) is 13.2 Å². The van der Waals surface area contributed by atoms with E-state index in [1.54, 1.807) is 4.90 Å². The number of para-hydroxylation sites is 1. The standard InChI is InChI=1S/C22H18F3N3O/c1-2-19(29)28-12-11-15(13-28)21-26-18-6-4-3-5-17(18)20(27-21)14-7-9-16(10-8-14)22(23,24)25/h2-10,15H,1,11-13H2/t15-/m1/s1. The van der Waals surface area contributed by atoms with Crippen molar-refractivity contribution in [2.75, 3.05) is 13.1 Å². The number of aromatic nitrogens is 2. The Morgan fingerprint density at radius 3 is 2.52 bits per heavy atom. The Kier molecular flexibility index (Phi) is 4.82. The molecule has 1 aliphatic heterocycles. The lowest BCUT2D eigenvalue weighted by molar-refractivity contribution is -0.137. The van der Waals surface area contributed by atoms with E-state index in [0.29, 0.717) is 30.2 Å². The smallest absolute Gasteiger partial charge is 0.338 e. The second kappa shape index (κ2) is 7.31. The van der Waals surface area contributed by atoms with Crippen molar-refractivity contribution >= 4 is 16.8 Å². The van der Waals surface area contributed by atoms with Gasteiger partial charge in [0.1, 0.15) is 5.82 Å². The number of carbonyl (C=O) groups excluding carboxylic acids is 1. The lowest BCUT2D eigenvalue weighted by atomic mass is 10.0. The molecule has 1 atom stereocenters. The first kappa shape index (κ1) is 19.1. The van der Waals surface area contributed by atoms with Crippen LogP contribution in [0.1, 0.15) is 23.7 Å². The first-order valence-corrected chi connectivity index (χ1v) is 9.22. The Hall–Kier alpha value is -3.22. The lowest BCUT2D eigenvalue weighted by Crippen LogP contribution is -2.26. The molecule has 4 rings (SSSR count). The van der Waals surface area contributed by atoms with E-state index in [2.05, 4.69) is 11.6 Å². The maximum absolute atomic E-state index is 12.9. The number of alkyl halides is 3. The maximum atomic E-state index is 12.9. The van der Waals surface area contributed by atoms with E-state index in [1.165, 1.54) is 18.2 Å². The predicted molar refractivity (Wildman–Crippen MR) is 104 cm³/mol. The highest BCUT2D eigenvalue weighted by Crippen LogP contribution is 2.34. The number of likely N-dealkylation sites (tertiary alicyclic amines) is 1. The van der Waals surface area contributed by atoms with Crippen molar-refractivity contribution in [2.24, 2.45) is 0 Å². The predicted octanol–water partition coefficient (Wildman–Crippen LogP) is 4.82. The lowest BCUT2D eigenvalue weighted by Gasteiger charge is -2.15. The molecule has 0 unspecified atom stereocenters. The molecule has 148 valence electrons. The van der Waals surface area contributed by atoms with Gasteiger partial charge in [-0.1, -0.05) is 36.9 Å². The number of hydrogen-bond donors (Lipinski definition) is 0. The van der Waals surface area contributed by atoms with Crippen LogP contribution in [-0.2, 0) is 11.0 Å². The molecule has 1 fully saturated rings. The Morgan fingerprint density at radius 1 is 1.10 bits per heavy atom. The van der Waals surface area contributed by atoms with Gasteiger partial charge in [0.05, 0.1) is 16.8 Å². The highest BCUT2D eigenvalue weighted by atomic mass is 19.4. The van der Waals surface area contributed by atoms with Crippen LogP contribution in [0.3, 0.4) is 0 Å². The van der Waals surface area contributed by atoms with Gasteiger partial charge in [0.15, 0.2) is 0 Å². The van der Waals surface area contributed by atoms with E-state index in [4.69, 9.17) is 4.98 Å². The molecular weight excluding hydrogens is 379 g/mol. The molecule has 0 saturated carbocycles. The number of fused-ring (bicyclic) bond motifs is 1. The van der Waals surface area contributed by atoms with Gasteiger partial charge < -0.3 is 4.90 Å². The summed E-state index contributed by atoms with van der Waals surface area (Å²) in [6.45, 7) is 4.61. The van der Waals surface area contributed by atoms with Crippen molar-refractivity contribution in [2.45, 2.75) is 18.5 Å². The van der Waals surface area contributed by atoms with E-state index in [9.17, 15) is 18.0 Å². The quantitative estimate of drug-likeness (QED) is 0.596. The first-order valence-electron chi connectivity index (χ1n) is 9.22. The minimum atomic E-state index is -4.39. The minimum absolute atomic E-state index is 0.0308. The minimum Gasteiger partial charge on any atom is -0.338 e. The molecule has 0 radical (unpaired) electrons. The summed E-state index contributed by atoms with van der Waals surface area (Å²) in [4.78, 5) is 23.0. The van der Waals surface area contributed by atoms with Crippen LogP contribution in [-0.4, -0.2) is 33.9 Å². The number of nitrogens with zero attached hydrogens (tertiary/aromatic N) is 3. The third-order valence-electron chi connectivity index (χ3n) is 5.15. The van der Waals surface area contributed by atoms with Gasteiger partial charge in [0.2, 0.25) is 5.91 Å². The zero-order chi connectivity index (χ0) is 20.6. The van der Waals surface area contributed by atoms with Gasteiger partial charge in [-0.25, -0.2) is 9.97 Å². The van der Waals surface area contributed by atoms with E-state index >= 15 is 0 Å². The van der Waals surface area contributed by atoms with Crippen molar-refractivity contribution < 1.29 is 18.0 Å². The van der Waals surface area contributed by atoms with Gasteiger partial charge in [-0.3, -0.25) is 4.79 Å². The van der Waals surface area contributed by atoms with Crippen LogP contribution >= 0.6 is 0 Å². The van der Waals surface area contributed by atoms with Crippen molar-refractivity contribution in [3.63, 3.8) is 0 Å². The Labute approximate surface area is 165 Å². The number of benzene rings is 2. The summed E-state index contributed by atoms with van der Waals surface area (Å²) >= 11 is 0. The molecule has 0 bridgehead atoms. The first-order chi connectivity index (χ1) is 13.9. The molecule has 1 saturated heterocycles. The third-order valence-corrected chi connectivity index (χ3v) is 5.15. The molecule has 29 heavy (non-hydrogen) atoms. The zero-order valence-corrected chi connectivity index (χ0v) is 15.5. The number of hydrogen-bond acceptors (Lipinski definition) is 3. The molecule has 1 aromatic heterocycles. The molecule has 7 heteroatoms. The summed E-state index contributed by atoms with van der Waals surface area (Å²) in [6.07, 6.45) is -2.37. The third kappa shape index (κ3) is 3.72. The molecule has 2 aromatic carbocycles. The Balaban J connectivity index is 1.76. The molecule has 0 spiro atoms. The molecule has 1 amide bonds. The molecule has 0 N–H and O–H groups in total. The molecule has 1 aliphatic rings. The molecule has 0 aliphatic carbocycles. The van der Waals surface area contributed by atoms with Crippen molar-refractivity contribution in [3.05, 3.63) is 72.6 Å². The van der Waals surface area contributed by atoms with Gasteiger partial charge in [-0.05, 0) is 30.7 Å². The number of halogens is 3. The highest BCUT2D eigenvalue weighted by Gasteiger charge is 2.31.